The van der Waals surface area contributed by atoms with Crippen LogP contribution in [-0.4, -0.2) is 22.2 Å². The van der Waals surface area contributed by atoms with Crippen LogP contribution in [0, 0.1) is 5.92 Å². The zero-order valence-corrected chi connectivity index (χ0v) is 7.56. The van der Waals surface area contributed by atoms with Crippen molar-refractivity contribution in [3.8, 4) is 0 Å². The van der Waals surface area contributed by atoms with Gasteiger partial charge >= 0.3 is 11.9 Å². The Kier molecular flexibility index (Phi) is 5.59. The van der Waals surface area contributed by atoms with Gasteiger partial charge in [0.15, 0.2) is 0 Å². The summed E-state index contributed by atoms with van der Waals surface area (Å²) in [5, 5.41) is 17.0. The molecule has 0 heterocycles. The lowest BCUT2D eigenvalue weighted by atomic mass is 10.1. The van der Waals surface area contributed by atoms with Crippen LogP contribution in [0.2, 0.25) is 0 Å². The number of unbranched alkanes of at least 4 members (excludes halogenated alkanes) is 1. The number of carboxylic acid groups (broad SMARTS) is 2. The predicted molar refractivity (Wildman–Crippen MR) is 47.4 cm³/mol. The molecule has 0 rings (SSSR count). The summed E-state index contributed by atoms with van der Waals surface area (Å²) >= 11 is 0. The third-order valence-corrected chi connectivity index (χ3v) is 1.54. The van der Waals surface area contributed by atoms with Crippen molar-refractivity contribution in [3.05, 3.63) is 12.2 Å². The number of hydrogen-bond acceptors (Lipinski definition) is 2. The van der Waals surface area contributed by atoms with E-state index in [2.05, 4.69) is 0 Å². The first-order chi connectivity index (χ1) is 6.07. The second-order valence-corrected chi connectivity index (χ2v) is 2.76. The minimum Gasteiger partial charge on any atom is -0.481 e. The van der Waals surface area contributed by atoms with Crippen molar-refractivity contribution in [2.24, 2.45) is 5.92 Å². The van der Waals surface area contributed by atoms with Gasteiger partial charge in [0.1, 0.15) is 0 Å². The first kappa shape index (κ1) is 11.7. The van der Waals surface area contributed by atoms with Gasteiger partial charge in [-0.1, -0.05) is 25.5 Å². The van der Waals surface area contributed by atoms with Gasteiger partial charge in [-0.05, 0) is 6.42 Å². The van der Waals surface area contributed by atoms with E-state index in [4.69, 9.17) is 10.2 Å². The molecule has 2 N–H and O–H groups in total. The smallest absolute Gasteiger partial charge is 0.310 e. The van der Waals surface area contributed by atoms with E-state index in [1.807, 2.05) is 6.92 Å². The van der Waals surface area contributed by atoms with Gasteiger partial charge in [0.05, 0.1) is 12.3 Å². The average molecular weight is 186 g/mol. The molecule has 1 unspecified atom stereocenters. The van der Waals surface area contributed by atoms with Crippen molar-refractivity contribution in [2.75, 3.05) is 0 Å². The lowest BCUT2D eigenvalue weighted by molar-refractivity contribution is -0.146. The van der Waals surface area contributed by atoms with Gasteiger partial charge < -0.3 is 10.2 Å². The van der Waals surface area contributed by atoms with Crippen LogP contribution in [0.3, 0.4) is 0 Å². The molecule has 13 heavy (non-hydrogen) atoms. The monoisotopic (exact) mass is 186 g/mol. The summed E-state index contributed by atoms with van der Waals surface area (Å²) in [6.07, 6.45) is 4.51. The highest BCUT2D eigenvalue weighted by molar-refractivity contribution is 5.79. The molecule has 0 amide bonds. The van der Waals surface area contributed by atoms with Gasteiger partial charge in [-0.25, -0.2) is 0 Å². The van der Waals surface area contributed by atoms with Crippen LogP contribution in [0.4, 0.5) is 0 Å². The molecule has 74 valence electrons. The number of aliphatic carboxylic acids is 2. The average Bonchev–Trinajstić information content (AvgIpc) is 2.02. The standard InChI is InChI=1S/C9H14O4/c1-2-3-4-5-7(9(12)13)6-8(10)11/h4-5,7H,2-3,6H2,1H3,(H,10,11)(H,12,13)/b5-4+. The third kappa shape index (κ3) is 5.90. The first-order valence-electron chi connectivity index (χ1n) is 4.19. The topological polar surface area (TPSA) is 74.6 Å². The molecular formula is C9H14O4. The summed E-state index contributed by atoms with van der Waals surface area (Å²) in [6, 6.07) is 0. The molecule has 0 fully saturated rings. The highest BCUT2D eigenvalue weighted by Crippen LogP contribution is 2.06. The van der Waals surface area contributed by atoms with Gasteiger partial charge in [-0.3, -0.25) is 9.59 Å². The van der Waals surface area contributed by atoms with Crippen molar-refractivity contribution < 1.29 is 19.8 Å². The van der Waals surface area contributed by atoms with E-state index < -0.39 is 17.9 Å². The Morgan fingerprint density at radius 2 is 2.00 bits per heavy atom. The van der Waals surface area contributed by atoms with E-state index in [0.717, 1.165) is 12.8 Å². The molecule has 4 nitrogen and oxygen atoms in total. The Bertz CT molecular complexity index is 208. The second-order valence-electron chi connectivity index (χ2n) is 2.76. The van der Waals surface area contributed by atoms with Crippen LogP contribution in [0.1, 0.15) is 26.2 Å². The highest BCUT2D eigenvalue weighted by Gasteiger charge is 2.16. The molecule has 0 aromatic rings. The number of hydrogen-bond donors (Lipinski definition) is 2. The van der Waals surface area contributed by atoms with Crippen molar-refractivity contribution >= 4 is 11.9 Å². The second kappa shape index (κ2) is 6.22. The molecule has 0 bridgehead atoms. The number of rotatable bonds is 6. The van der Waals surface area contributed by atoms with Gasteiger partial charge in [-0.2, -0.15) is 0 Å². The molecule has 0 aliphatic heterocycles. The molecule has 0 saturated heterocycles. The van der Waals surface area contributed by atoms with E-state index >= 15 is 0 Å². The van der Waals surface area contributed by atoms with Gasteiger partial charge in [-0.15, -0.1) is 0 Å². The number of allylic oxidation sites excluding steroid dienone is 1. The minimum atomic E-state index is -1.09. The summed E-state index contributed by atoms with van der Waals surface area (Å²) in [4.78, 5) is 20.8. The van der Waals surface area contributed by atoms with Gasteiger partial charge in [0.25, 0.3) is 0 Å². The Labute approximate surface area is 76.9 Å². The van der Waals surface area contributed by atoms with E-state index in [1.54, 1.807) is 6.08 Å². The molecule has 1 atom stereocenters. The van der Waals surface area contributed by atoms with Crippen LogP contribution in [0.15, 0.2) is 12.2 Å². The Balaban J connectivity index is 4.09. The lowest BCUT2D eigenvalue weighted by Gasteiger charge is -2.02. The van der Waals surface area contributed by atoms with Crippen molar-refractivity contribution in [1.82, 2.24) is 0 Å². The SMILES string of the molecule is CCC/C=C/C(CC(=O)O)C(=O)O. The zero-order chi connectivity index (χ0) is 10.3. The highest BCUT2D eigenvalue weighted by atomic mass is 16.4. The zero-order valence-electron chi connectivity index (χ0n) is 7.56. The van der Waals surface area contributed by atoms with Crippen LogP contribution in [-0.2, 0) is 9.59 Å². The first-order valence-corrected chi connectivity index (χ1v) is 4.19. The summed E-state index contributed by atoms with van der Waals surface area (Å²) < 4.78 is 0. The van der Waals surface area contributed by atoms with Gasteiger partial charge in [0.2, 0.25) is 0 Å². The Morgan fingerprint density at radius 1 is 1.38 bits per heavy atom. The van der Waals surface area contributed by atoms with E-state index in [0.29, 0.717) is 0 Å². The van der Waals surface area contributed by atoms with Crippen LogP contribution >= 0.6 is 0 Å². The van der Waals surface area contributed by atoms with Crippen molar-refractivity contribution in [1.29, 1.82) is 0 Å². The van der Waals surface area contributed by atoms with Crippen molar-refractivity contribution in [3.63, 3.8) is 0 Å². The fourth-order valence-corrected chi connectivity index (χ4v) is 0.853. The Hall–Kier alpha value is -1.32. The number of carboxylic acids is 2. The maximum Gasteiger partial charge on any atom is 0.310 e. The maximum absolute atomic E-state index is 10.5. The Morgan fingerprint density at radius 3 is 2.38 bits per heavy atom. The molecule has 0 spiro atoms. The lowest BCUT2D eigenvalue weighted by Crippen LogP contribution is -2.15. The third-order valence-electron chi connectivity index (χ3n) is 1.54. The van der Waals surface area contributed by atoms with Crippen LogP contribution in [0.25, 0.3) is 0 Å². The molecule has 0 radical (unpaired) electrons. The molecular weight excluding hydrogens is 172 g/mol. The predicted octanol–water partition coefficient (Wildman–Crippen LogP) is 1.52. The normalized spacial score (nSPS) is 13.0. The summed E-state index contributed by atoms with van der Waals surface area (Å²) in [5.41, 5.74) is 0. The van der Waals surface area contributed by atoms with E-state index in [-0.39, 0.29) is 6.42 Å². The molecule has 4 heteroatoms. The van der Waals surface area contributed by atoms with Crippen molar-refractivity contribution in [2.45, 2.75) is 26.2 Å². The largest absolute Gasteiger partial charge is 0.481 e. The number of carbonyl (C=O) groups is 2. The molecule has 0 aliphatic carbocycles. The van der Waals surface area contributed by atoms with E-state index in [1.165, 1.54) is 6.08 Å². The molecule has 0 aromatic heterocycles. The molecule has 0 aliphatic rings. The van der Waals surface area contributed by atoms with Crippen LogP contribution < -0.4 is 0 Å². The molecule has 0 saturated carbocycles. The summed E-state index contributed by atoms with van der Waals surface area (Å²) in [5.74, 6) is -3.08. The van der Waals surface area contributed by atoms with E-state index in [9.17, 15) is 9.59 Å². The molecule has 0 aromatic carbocycles. The summed E-state index contributed by atoms with van der Waals surface area (Å²) in [6.45, 7) is 1.97. The summed E-state index contributed by atoms with van der Waals surface area (Å²) in [7, 11) is 0. The fourth-order valence-electron chi connectivity index (χ4n) is 0.853. The minimum absolute atomic E-state index is 0.352. The maximum atomic E-state index is 10.5. The quantitative estimate of drug-likeness (QED) is 0.616. The fraction of sp³-hybridized carbons (Fsp3) is 0.556. The van der Waals surface area contributed by atoms with Gasteiger partial charge in [0, 0.05) is 0 Å². The van der Waals surface area contributed by atoms with Crippen LogP contribution in [0.5, 0.6) is 0 Å².